The second kappa shape index (κ2) is 8.77. The van der Waals surface area contributed by atoms with Gasteiger partial charge in [0.15, 0.2) is 0 Å². The van der Waals surface area contributed by atoms with Crippen LogP contribution >= 0.6 is 12.2 Å². The average molecular weight is 385 g/mol. The topological polar surface area (TPSA) is 73.0 Å². The maximum absolute atomic E-state index is 5.73. The third-order valence-electron chi connectivity index (χ3n) is 4.05. The van der Waals surface area contributed by atoms with E-state index in [9.17, 15) is 0 Å². The number of aromatic amines is 1. The van der Waals surface area contributed by atoms with Crippen molar-refractivity contribution in [3.63, 3.8) is 0 Å². The highest BCUT2D eigenvalue weighted by Crippen LogP contribution is 2.13. The quantitative estimate of drug-likeness (QED) is 0.359. The standard InChI is InChI=1S/C19H24N6OS/c1-4-5-6-11-26-17-9-7-16(8-10-17)13-20-25-18(21-22-19(25)27)24-15(3)12-14(2)23-24/h7-10,12-13H,4-6,11H2,1-3H3,(H,22,27)/b20-13-. The minimum Gasteiger partial charge on any atom is -0.494 e. The number of ether oxygens (including phenoxy) is 1. The molecule has 142 valence electrons. The van der Waals surface area contributed by atoms with Gasteiger partial charge in [-0.3, -0.25) is 0 Å². The number of rotatable bonds is 8. The van der Waals surface area contributed by atoms with Crippen LogP contribution in [0.4, 0.5) is 0 Å². The first kappa shape index (κ1) is 19.0. The van der Waals surface area contributed by atoms with E-state index in [4.69, 9.17) is 17.0 Å². The smallest absolute Gasteiger partial charge is 0.271 e. The summed E-state index contributed by atoms with van der Waals surface area (Å²) in [5.41, 5.74) is 2.81. The second-order valence-corrected chi connectivity index (χ2v) is 6.74. The Labute approximate surface area is 163 Å². The van der Waals surface area contributed by atoms with Gasteiger partial charge in [0.2, 0.25) is 4.77 Å². The van der Waals surface area contributed by atoms with Gasteiger partial charge in [-0.2, -0.15) is 14.9 Å². The molecule has 0 radical (unpaired) electrons. The summed E-state index contributed by atoms with van der Waals surface area (Å²) >= 11 is 5.30. The van der Waals surface area contributed by atoms with E-state index in [1.807, 2.05) is 44.2 Å². The number of hydrogen-bond donors (Lipinski definition) is 1. The largest absolute Gasteiger partial charge is 0.494 e. The normalized spacial score (nSPS) is 11.4. The molecule has 0 saturated heterocycles. The van der Waals surface area contributed by atoms with Crippen LogP contribution in [-0.2, 0) is 0 Å². The number of hydrogen-bond acceptors (Lipinski definition) is 5. The van der Waals surface area contributed by atoms with E-state index >= 15 is 0 Å². The van der Waals surface area contributed by atoms with Gasteiger partial charge in [0.1, 0.15) is 5.75 Å². The van der Waals surface area contributed by atoms with Crippen LogP contribution in [0.1, 0.15) is 43.1 Å². The van der Waals surface area contributed by atoms with Gasteiger partial charge in [-0.15, -0.1) is 5.10 Å². The van der Waals surface area contributed by atoms with Crippen molar-refractivity contribution in [2.24, 2.45) is 5.10 Å². The van der Waals surface area contributed by atoms with Crippen LogP contribution in [0, 0.1) is 18.6 Å². The van der Waals surface area contributed by atoms with Gasteiger partial charge in [0, 0.05) is 5.69 Å². The monoisotopic (exact) mass is 384 g/mol. The molecule has 0 bridgehead atoms. The summed E-state index contributed by atoms with van der Waals surface area (Å²) in [6, 6.07) is 9.80. The number of nitrogens with one attached hydrogen (secondary N) is 1. The number of aryl methyl sites for hydroxylation is 2. The molecule has 1 aromatic carbocycles. The minimum absolute atomic E-state index is 0.407. The molecule has 2 heterocycles. The van der Waals surface area contributed by atoms with Crippen LogP contribution in [0.3, 0.4) is 0 Å². The fourth-order valence-corrected chi connectivity index (χ4v) is 2.85. The van der Waals surface area contributed by atoms with E-state index in [0.29, 0.717) is 10.7 Å². The Morgan fingerprint density at radius 3 is 2.67 bits per heavy atom. The Hall–Kier alpha value is -2.74. The minimum atomic E-state index is 0.407. The van der Waals surface area contributed by atoms with Crippen molar-refractivity contribution >= 4 is 18.4 Å². The van der Waals surface area contributed by atoms with Gasteiger partial charge in [0.05, 0.1) is 18.5 Å². The molecule has 2 aromatic heterocycles. The first-order chi connectivity index (χ1) is 13.1. The summed E-state index contributed by atoms with van der Waals surface area (Å²) in [7, 11) is 0. The number of H-pyrrole nitrogens is 1. The van der Waals surface area contributed by atoms with E-state index in [1.54, 1.807) is 15.6 Å². The van der Waals surface area contributed by atoms with E-state index in [1.165, 1.54) is 12.8 Å². The first-order valence-electron chi connectivity index (χ1n) is 9.06. The lowest BCUT2D eigenvalue weighted by atomic mass is 10.2. The van der Waals surface area contributed by atoms with E-state index in [0.717, 1.165) is 35.7 Å². The Morgan fingerprint density at radius 2 is 2.00 bits per heavy atom. The van der Waals surface area contributed by atoms with Crippen LogP contribution in [0.15, 0.2) is 35.4 Å². The van der Waals surface area contributed by atoms with Crippen LogP contribution in [0.25, 0.3) is 5.95 Å². The number of unbranched alkanes of at least 4 members (excludes halogenated alkanes) is 2. The van der Waals surface area contributed by atoms with E-state index in [-0.39, 0.29) is 0 Å². The summed E-state index contributed by atoms with van der Waals surface area (Å²) in [6.07, 6.45) is 5.19. The molecule has 3 rings (SSSR count). The summed E-state index contributed by atoms with van der Waals surface area (Å²) in [5, 5.41) is 15.9. The molecule has 0 amide bonds. The number of aromatic nitrogens is 5. The van der Waals surface area contributed by atoms with E-state index < -0.39 is 0 Å². The molecule has 0 unspecified atom stereocenters. The Balaban J connectivity index is 1.74. The van der Waals surface area contributed by atoms with Gasteiger partial charge in [-0.1, -0.05) is 19.8 Å². The van der Waals surface area contributed by atoms with Crippen LogP contribution in [0.2, 0.25) is 0 Å². The highest BCUT2D eigenvalue weighted by molar-refractivity contribution is 7.71. The highest BCUT2D eigenvalue weighted by Gasteiger charge is 2.11. The highest BCUT2D eigenvalue weighted by atomic mass is 32.1. The van der Waals surface area contributed by atoms with Crippen LogP contribution < -0.4 is 4.74 Å². The Morgan fingerprint density at radius 1 is 1.22 bits per heavy atom. The first-order valence-corrected chi connectivity index (χ1v) is 9.47. The fraction of sp³-hybridized carbons (Fsp3) is 0.368. The average Bonchev–Trinajstić information content (AvgIpc) is 3.19. The van der Waals surface area contributed by atoms with Gasteiger partial charge in [-0.05, 0) is 68.4 Å². The number of nitrogens with zero attached hydrogens (tertiary/aromatic N) is 5. The molecule has 0 aliphatic heterocycles. The van der Waals surface area contributed by atoms with Crippen LogP contribution in [0.5, 0.6) is 5.75 Å². The zero-order chi connectivity index (χ0) is 19.2. The summed E-state index contributed by atoms with van der Waals surface area (Å²) in [6.45, 7) is 6.83. The molecule has 0 atom stereocenters. The maximum Gasteiger partial charge on any atom is 0.271 e. The zero-order valence-electron chi connectivity index (χ0n) is 15.8. The SMILES string of the molecule is CCCCCOc1ccc(/C=N\n2c(-n3nc(C)cc3C)n[nH]c2=S)cc1. The molecular formula is C19H24N6OS. The van der Waals surface area contributed by atoms with Crippen LogP contribution in [-0.4, -0.2) is 37.5 Å². The molecule has 1 N–H and O–H groups in total. The molecule has 0 saturated carbocycles. The van der Waals surface area contributed by atoms with Gasteiger partial charge in [-0.25, -0.2) is 9.78 Å². The third-order valence-corrected chi connectivity index (χ3v) is 4.32. The van der Waals surface area contributed by atoms with Crippen molar-refractivity contribution in [3.05, 3.63) is 52.1 Å². The lowest BCUT2D eigenvalue weighted by Crippen LogP contribution is -2.07. The van der Waals surface area contributed by atoms with E-state index in [2.05, 4.69) is 27.3 Å². The van der Waals surface area contributed by atoms with Gasteiger partial charge < -0.3 is 4.74 Å². The molecule has 0 spiro atoms. The second-order valence-electron chi connectivity index (χ2n) is 6.35. The fourth-order valence-electron chi connectivity index (χ4n) is 2.67. The molecule has 7 nitrogen and oxygen atoms in total. The van der Waals surface area contributed by atoms with Gasteiger partial charge >= 0.3 is 0 Å². The van der Waals surface area contributed by atoms with Crippen molar-refractivity contribution in [2.75, 3.05) is 6.61 Å². The molecule has 3 aromatic rings. The van der Waals surface area contributed by atoms with Crippen molar-refractivity contribution in [3.8, 4) is 11.7 Å². The van der Waals surface area contributed by atoms with Crippen molar-refractivity contribution in [1.82, 2.24) is 24.7 Å². The Kier molecular flexibility index (Phi) is 6.18. The lowest BCUT2D eigenvalue weighted by molar-refractivity contribution is 0.306. The molecular weight excluding hydrogens is 360 g/mol. The van der Waals surface area contributed by atoms with Crippen molar-refractivity contribution in [1.29, 1.82) is 0 Å². The molecule has 0 aliphatic carbocycles. The maximum atomic E-state index is 5.73. The summed E-state index contributed by atoms with van der Waals surface area (Å²) < 4.78 is 9.41. The summed E-state index contributed by atoms with van der Waals surface area (Å²) in [4.78, 5) is 0. The van der Waals surface area contributed by atoms with Gasteiger partial charge in [0.25, 0.3) is 5.95 Å². The predicted octanol–water partition coefficient (Wildman–Crippen LogP) is 4.19. The Bertz CT molecular complexity index is 967. The third kappa shape index (κ3) is 4.71. The molecule has 0 aliphatic rings. The molecule has 0 fully saturated rings. The number of benzene rings is 1. The molecule has 8 heteroatoms. The predicted molar refractivity (Wildman–Crippen MR) is 108 cm³/mol. The zero-order valence-corrected chi connectivity index (χ0v) is 16.7. The lowest BCUT2D eigenvalue weighted by Gasteiger charge is -2.05. The summed E-state index contributed by atoms with van der Waals surface area (Å²) in [5.74, 6) is 1.39. The van der Waals surface area contributed by atoms with Crippen molar-refractivity contribution in [2.45, 2.75) is 40.0 Å². The molecule has 27 heavy (non-hydrogen) atoms. The van der Waals surface area contributed by atoms with Crippen molar-refractivity contribution < 1.29 is 4.74 Å².